The molecule has 1 aromatic rings. The van der Waals surface area contributed by atoms with Crippen LogP contribution in [-0.2, 0) is 11.2 Å². The predicted molar refractivity (Wildman–Crippen MR) is 65.9 cm³/mol. The molecule has 0 spiro atoms. The molecule has 0 aliphatic rings. The van der Waals surface area contributed by atoms with Crippen LogP contribution in [-0.4, -0.2) is 11.4 Å². The van der Waals surface area contributed by atoms with E-state index in [4.69, 9.17) is 6.42 Å². The molecule has 1 rings (SSSR count). The quantitative estimate of drug-likeness (QED) is 0.768. The van der Waals surface area contributed by atoms with Gasteiger partial charge in [-0.1, -0.05) is 35.7 Å². The Balaban J connectivity index is 2.63. The van der Waals surface area contributed by atoms with Gasteiger partial charge in [-0.15, -0.1) is 6.42 Å². The van der Waals surface area contributed by atoms with Crippen molar-refractivity contribution in [1.29, 1.82) is 0 Å². The second-order valence-electron chi connectivity index (χ2n) is 4.48. The van der Waals surface area contributed by atoms with Gasteiger partial charge in [0.1, 0.15) is 0 Å². The highest BCUT2D eigenvalue weighted by atomic mass is 16.1. The first-order valence-corrected chi connectivity index (χ1v) is 5.27. The van der Waals surface area contributed by atoms with Crippen molar-refractivity contribution in [3.63, 3.8) is 0 Å². The van der Waals surface area contributed by atoms with Crippen LogP contribution in [0.5, 0.6) is 0 Å². The molecular formula is C14H17NO. The molecule has 0 saturated carbocycles. The molecule has 0 aliphatic carbocycles. The van der Waals surface area contributed by atoms with E-state index in [1.165, 1.54) is 0 Å². The minimum absolute atomic E-state index is 0.0476. The lowest BCUT2D eigenvalue weighted by Gasteiger charge is -2.19. The summed E-state index contributed by atoms with van der Waals surface area (Å²) in [7, 11) is 0. The molecular weight excluding hydrogens is 198 g/mol. The molecule has 1 amide bonds. The van der Waals surface area contributed by atoms with Crippen molar-refractivity contribution >= 4 is 5.91 Å². The average molecular weight is 215 g/mol. The van der Waals surface area contributed by atoms with Crippen LogP contribution >= 0.6 is 0 Å². The molecule has 84 valence electrons. The molecule has 1 N–H and O–H groups in total. The molecule has 0 fully saturated rings. The van der Waals surface area contributed by atoms with Gasteiger partial charge in [-0.2, -0.15) is 0 Å². The van der Waals surface area contributed by atoms with E-state index in [-0.39, 0.29) is 5.91 Å². The largest absolute Gasteiger partial charge is 0.340 e. The van der Waals surface area contributed by atoms with Gasteiger partial charge in [0.25, 0.3) is 0 Å². The third kappa shape index (κ3) is 3.78. The summed E-state index contributed by atoms with van der Waals surface area (Å²) in [6.07, 6.45) is 5.68. The zero-order valence-corrected chi connectivity index (χ0v) is 10.0. The van der Waals surface area contributed by atoms with E-state index in [0.29, 0.717) is 6.42 Å². The molecule has 2 heteroatoms. The summed E-state index contributed by atoms with van der Waals surface area (Å²) < 4.78 is 0. The van der Waals surface area contributed by atoms with Gasteiger partial charge in [-0.3, -0.25) is 4.79 Å². The summed E-state index contributed by atoms with van der Waals surface area (Å²) in [5.41, 5.74) is 1.58. The van der Waals surface area contributed by atoms with E-state index >= 15 is 0 Å². The Morgan fingerprint density at radius 3 is 2.75 bits per heavy atom. The number of nitrogens with one attached hydrogen (secondary N) is 1. The number of rotatable bonds is 3. The zero-order valence-electron chi connectivity index (χ0n) is 10.0. The van der Waals surface area contributed by atoms with E-state index in [0.717, 1.165) is 11.1 Å². The van der Waals surface area contributed by atoms with E-state index in [1.807, 2.05) is 31.2 Å². The number of hydrogen-bond donors (Lipinski definition) is 1. The standard InChI is InChI=1S/C14H17NO/c1-5-14(3,4)15-13(16)10-12-8-6-7-11(2)9-12/h1,6-9H,10H2,2-4H3,(H,15,16). The van der Waals surface area contributed by atoms with Crippen molar-refractivity contribution in [2.24, 2.45) is 0 Å². The summed E-state index contributed by atoms with van der Waals surface area (Å²) in [5.74, 6) is 2.49. The van der Waals surface area contributed by atoms with Gasteiger partial charge < -0.3 is 5.32 Å². The van der Waals surface area contributed by atoms with E-state index < -0.39 is 5.54 Å². The number of carbonyl (C=O) groups is 1. The predicted octanol–water partition coefficient (Wildman–Crippen LogP) is 2.07. The highest BCUT2D eigenvalue weighted by Crippen LogP contribution is 2.06. The second kappa shape index (κ2) is 4.85. The van der Waals surface area contributed by atoms with Gasteiger partial charge >= 0.3 is 0 Å². The molecule has 0 aliphatic heterocycles. The Labute approximate surface area is 97.1 Å². The van der Waals surface area contributed by atoms with Crippen LogP contribution in [0.4, 0.5) is 0 Å². The molecule has 0 heterocycles. The maximum absolute atomic E-state index is 11.7. The summed E-state index contributed by atoms with van der Waals surface area (Å²) in [5, 5.41) is 2.80. The van der Waals surface area contributed by atoms with Gasteiger partial charge in [0.05, 0.1) is 12.0 Å². The Morgan fingerprint density at radius 1 is 1.50 bits per heavy atom. The van der Waals surface area contributed by atoms with Crippen LogP contribution in [0.2, 0.25) is 0 Å². The third-order valence-electron chi connectivity index (χ3n) is 2.26. The summed E-state index contributed by atoms with van der Waals surface area (Å²) >= 11 is 0. The molecule has 0 atom stereocenters. The van der Waals surface area contributed by atoms with Gasteiger partial charge in [0.2, 0.25) is 5.91 Å². The molecule has 0 bridgehead atoms. The van der Waals surface area contributed by atoms with Crippen molar-refractivity contribution < 1.29 is 4.79 Å². The molecule has 0 saturated heterocycles. The maximum Gasteiger partial charge on any atom is 0.225 e. The lowest BCUT2D eigenvalue weighted by Crippen LogP contribution is -2.42. The minimum Gasteiger partial charge on any atom is -0.340 e. The summed E-state index contributed by atoms with van der Waals surface area (Å²) in [4.78, 5) is 11.7. The van der Waals surface area contributed by atoms with Crippen LogP contribution in [0.15, 0.2) is 24.3 Å². The fraction of sp³-hybridized carbons (Fsp3) is 0.357. The van der Waals surface area contributed by atoms with Gasteiger partial charge in [0.15, 0.2) is 0 Å². The monoisotopic (exact) mass is 215 g/mol. The highest BCUT2D eigenvalue weighted by molar-refractivity contribution is 5.79. The van der Waals surface area contributed by atoms with Crippen LogP contribution in [0.1, 0.15) is 25.0 Å². The Hall–Kier alpha value is -1.75. The molecule has 1 aromatic carbocycles. The average Bonchev–Trinajstić information content (AvgIpc) is 2.16. The molecule has 0 radical (unpaired) electrons. The van der Waals surface area contributed by atoms with Gasteiger partial charge in [-0.25, -0.2) is 0 Å². The first kappa shape index (κ1) is 12.3. The molecule has 16 heavy (non-hydrogen) atoms. The number of benzene rings is 1. The smallest absolute Gasteiger partial charge is 0.225 e. The van der Waals surface area contributed by atoms with E-state index in [9.17, 15) is 4.79 Å². The van der Waals surface area contributed by atoms with Crippen molar-refractivity contribution in [3.05, 3.63) is 35.4 Å². The summed E-state index contributed by atoms with van der Waals surface area (Å²) in [6, 6.07) is 7.90. The fourth-order valence-electron chi connectivity index (χ4n) is 1.44. The maximum atomic E-state index is 11.7. The number of aryl methyl sites for hydroxylation is 1. The number of hydrogen-bond acceptors (Lipinski definition) is 1. The number of terminal acetylenes is 1. The first-order valence-electron chi connectivity index (χ1n) is 5.27. The SMILES string of the molecule is C#CC(C)(C)NC(=O)Cc1cccc(C)c1. The minimum atomic E-state index is -0.582. The highest BCUT2D eigenvalue weighted by Gasteiger charge is 2.16. The normalized spacial score (nSPS) is 10.6. The number of amides is 1. The van der Waals surface area contributed by atoms with Crippen LogP contribution < -0.4 is 5.32 Å². The van der Waals surface area contributed by atoms with Crippen LogP contribution in [0, 0.1) is 19.3 Å². The van der Waals surface area contributed by atoms with Gasteiger partial charge in [0, 0.05) is 0 Å². The van der Waals surface area contributed by atoms with E-state index in [2.05, 4.69) is 11.2 Å². The van der Waals surface area contributed by atoms with Crippen molar-refractivity contribution in [1.82, 2.24) is 5.32 Å². The lowest BCUT2D eigenvalue weighted by atomic mass is 10.1. The van der Waals surface area contributed by atoms with Crippen LogP contribution in [0.25, 0.3) is 0 Å². The lowest BCUT2D eigenvalue weighted by molar-refractivity contribution is -0.121. The van der Waals surface area contributed by atoms with Crippen molar-refractivity contribution in [2.45, 2.75) is 32.7 Å². The molecule has 2 nitrogen and oxygen atoms in total. The van der Waals surface area contributed by atoms with Crippen molar-refractivity contribution in [2.75, 3.05) is 0 Å². The topological polar surface area (TPSA) is 29.1 Å². The third-order valence-corrected chi connectivity index (χ3v) is 2.26. The van der Waals surface area contributed by atoms with Gasteiger partial charge in [-0.05, 0) is 26.3 Å². The molecule has 0 aromatic heterocycles. The number of carbonyl (C=O) groups excluding carboxylic acids is 1. The first-order chi connectivity index (χ1) is 7.43. The molecule has 0 unspecified atom stereocenters. The van der Waals surface area contributed by atoms with E-state index in [1.54, 1.807) is 13.8 Å². The fourth-order valence-corrected chi connectivity index (χ4v) is 1.44. The van der Waals surface area contributed by atoms with Crippen molar-refractivity contribution in [3.8, 4) is 12.3 Å². The Morgan fingerprint density at radius 2 is 2.19 bits per heavy atom. The van der Waals surface area contributed by atoms with Crippen LogP contribution in [0.3, 0.4) is 0 Å². The Kier molecular flexibility index (Phi) is 3.73. The second-order valence-corrected chi connectivity index (χ2v) is 4.48. The Bertz CT molecular complexity index is 427. The summed E-state index contributed by atoms with van der Waals surface area (Å²) in [6.45, 7) is 5.62. The zero-order chi connectivity index (χ0) is 12.2.